The van der Waals surface area contributed by atoms with Crippen molar-refractivity contribution in [2.24, 2.45) is 5.92 Å². The van der Waals surface area contributed by atoms with Gasteiger partial charge in [0.2, 0.25) is 5.91 Å². The highest BCUT2D eigenvalue weighted by atomic mass is 16.2. The Morgan fingerprint density at radius 2 is 2.05 bits per heavy atom. The van der Waals surface area contributed by atoms with E-state index in [0.29, 0.717) is 23.9 Å². The minimum atomic E-state index is 0.223. The van der Waals surface area contributed by atoms with E-state index in [2.05, 4.69) is 6.07 Å². The third kappa shape index (κ3) is 2.02. The number of amides is 1. The van der Waals surface area contributed by atoms with Crippen LogP contribution in [0.3, 0.4) is 0 Å². The molecule has 0 bridgehead atoms. The monoisotopic (exact) mass is 254 g/mol. The van der Waals surface area contributed by atoms with Gasteiger partial charge in [-0.1, -0.05) is 12.8 Å². The molecule has 0 radical (unpaired) electrons. The Morgan fingerprint density at radius 3 is 2.63 bits per heavy atom. The first-order valence-electron chi connectivity index (χ1n) is 7.03. The standard InChI is InChI=1S/C16H18N2O/c1-11-8-14(7-6-13(11)10-17)18-15(9-16(18)19)12-4-2-3-5-12/h6-8,12,15H,2-5,9H2,1H3. The van der Waals surface area contributed by atoms with E-state index in [4.69, 9.17) is 5.26 Å². The largest absolute Gasteiger partial charge is 0.308 e. The van der Waals surface area contributed by atoms with Crippen LogP contribution in [0.1, 0.15) is 43.2 Å². The van der Waals surface area contributed by atoms with Crippen molar-refractivity contribution >= 4 is 11.6 Å². The van der Waals surface area contributed by atoms with Gasteiger partial charge in [-0.05, 0) is 49.4 Å². The highest BCUT2D eigenvalue weighted by molar-refractivity contribution is 6.01. The molecule has 1 unspecified atom stereocenters. The summed E-state index contributed by atoms with van der Waals surface area (Å²) in [5.41, 5.74) is 2.60. The summed E-state index contributed by atoms with van der Waals surface area (Å²) in [6.45, 7) is 1.93. The molecule has 2 fully saturated rings. The minimum absolute atomic E-state index is 0.223. The molecule has 1 amide bonds. The van der Waals surface area contributed by atoms with Crippen LogP contribution >= 0.6 is 0 Å². The summed E-state index contributed by atoms with van der Waals surface area (Å²) in [5, 5.41) is 8.97. The summed E-state index contributed by atoms with van der Waals surface area (Å²) in [6.07, 6.45) is 5.81. The van der Waals surface area contributed by atoms with E-state index >= 15 is 0 Å². The second-order valence-electron chi connectivity index (χ2n) is 5.69. The lowest BCUT2D eigenvalue weighted by molar-refractivity contribution is -0.125. The molecule has 1 atom stereocenters. The van der Waals surface area contributed by atoms with Crippen LogP contribution < -0.4 is 4.90 Å². The SMILES string of the molecule is Cc1cc(N2C(=O)CC2C2CCCC2)ccc1C#N. The number of carbonyl (C=O) groups is 1. The zero-order chi connectivity index (χ0) is 13.4. The van der Waals surface area contributed by atoms with Crippen LogP contribution in [0, 0.1) is 24.2 Å². The molecule has 1 saturated heterocycles. The smallest absolute Gasteiger partial charge is 0.229 e. The van der Waals surface area contributed by atoms with Gasteiger partial charge in [0.05, 0.1) is 11.6 Å². The number of hydrogen-bond acceptors (Lipinski definition) is 2. The van der Waals surface area contributed by atoms with E-state index in [0.717, 1.165) is 11.3 Å². The van der Waals surface area contributed by atoms with Crippen LogP contribution in [0.2, 0.25) is 0 Å². The van der Waals surface area contributed by atoms with Crippen molar-refractivity contribution in [3.63, 3.8) is 0 Å². The molecule has 2 aliphatic rings. The summed E-state index contributed by atoms with van der Waals surface area (Å²) >= 11 is 0. The van der Waals surface area contributed by atoms with Gasteiger partial charge in [0.1, 0.15) is 0 Å². The Hall–Kier alpha value is -1.82. The molecule has 98 valence electrons. The number of nitrogens with zero attached hydrogens (tertiary/aromatic N) is 2. The minimum Gasteiger partial charge on any atom is -0.308 e. The van der Waals surface area contributed by atoms with Gasteiger partial charge in [0.25, 0.3) is 0 Å². The number of rotatable bonds is 2. The van der Waals surface area contributed by atoms with Crippen LogP contribution in [-0.4, -0.2) is 11.9 Å². The number of nitriles is 1. The lowest BCUT2D eigenvalue weighted by Crippen LogP contribution is -2.56. The van der Waals surface area contributed by atoms with Gasteiger partial charge in [-0.15, -0.1) is 0 Å². The van der Waals surface area contributed by atoms with E-state index in [1.165, 1.54) is 25.7 Å². The maximum atomic E-state index is 11.9. The molecule has 19 heavy (non-hydrogen) atoms. The molecule has 1 aromatic carbocycles. The quantitative estimate of drug-likeness (QED) is 0.761. The van der Waals surface area contributed by atoms with Crippen molar-refractivity contribution in [2.45, 2.75) is 45.1 Å². The fraction of sp³-hybridized carbons (Fsp3) is 0.500. The van der Waals surface area contributed by atoms with Crippen molar-refractivity contribution in [1.82, 2.24) is 0 Å². The van der Waals surface area contributed by atoms with Gasteiger partial charge in [-0.25, -0.2) is 0 Å². The fourth-order valence-electron chi connectivity index (χ4n) is 3.42. The van der Waals surface area contributed by atoms with Crippen LogP contribution in [0.4, 0.5) is 5.69 Å². The number of benzene rings is 1. The average molecular weight is 254 g/mol. The van der Waals surface area contributed by atoms with E-state index in [1.54, 1.807) is 0 Å². The lowest BCUT2D eigenvalue weighted by atomic mass is 9.86. The fourth-order valence-corrected chi connectivity index (χ4v) is 3.42. The Morgan fingerprint density at radius 1 is 1.32 bits per heavy atom. The van der Waals surface area contributed by atoms with Crippen molar-refractivity contribution < 1.29 is 4.79 Å². The van der Waals surface area contributed by atoms with E-state index in [1.807, 2.05) is 30.0 Å². The zero-order valence-corrected chi connectivity index (χ0v) is 11.2. The molecule has 1 heterocycles. The van der Waals surface area contributed by atoms with Gasteiger partial charge < -0.3 is 4.90 Å². The van der Waals surface area contributed by atoms with E-state index < -0.39 is 0 Å². The number of carbonyl (C=O) groups excluding carboxylic acids is 1. The van der Waals surface area contributed by atoms with Gasteiger partial charge in [0.15, 0.2) is 0 Å². The molecule has 3 heteroatoms. The van der Waals surface area contributed by atoms with Gasteiger partial charge in [0, 0.05) is 18.2 Å². The van der Waals surface area contributed by atoms with Crippen LogP contribution in [0.15, 0.2) is 18.2 Å². The van der Waals surface area contributed by atoms with Gasteiger partial charge in [-0.2, -0.15) is 5.26 Å². The topological polar surface area (TPSA) is 44.1 Å². The van der Waals surface area contributed by atoms with Crippen molar-refractivity contribution in [3.8, 4) is 6.07 Å². The third-order valence-electron chi connectivity index (χ3n) is 4.54. The van der Waals surface area contributed by atoms with Gasteiger partial charge in [-0.3, -0.25) is 4.79 Å². The Kier molecular flexibility index (Phi) is 3.02. The van der Waals surface area contributed by atoms with Crippen LogP contribution in [0.5, 0.6) is 0 Å². The predicted molar refractivity (Wildman–Crippen MR) is 73.7 cm³/mol. The van der Waals surface area contributed by atoms with Crippen molar-refractivity contribution in [3.05, 3.63) is 29.3 Å². The first kappa shape index (κ1) is 12.2. The molecule has 1 aliphatic carbocycles. The van der Waals surface area contributed by atoms with Crippen molar-refractivity contribution in [2.75, 3.05) is 4.90 Å². The molecule has 3 rings (SSSR count). The molecule has 1 saturated carbocycles. The number of anilines is 1. The van der Waals surface area contributed by atoms with Gasteiger partial charge >= 0.3 is 0 Å². The molecule has 0 N–H and O–H groups in total. The molecular formula is C16H18N2O. The second-order valence-corrected chi connectivity index (χ2v) is 5.69. The molecule has 0 aromatic heterocycles. The first-order chi connectivity index (χ1) is 9.20. The number of hydrogen-bond donors (Lipinski definition) is 0. The van der Waals surface area contributed by atoms with E-state index in [9.17, 15) is 4.79 Å². The summed E-state index contributed by atoms with van der Waals surface area (Å²) in [6, 6.07) is 8.26. The summed E-state index contributed by atoms with van der Waals surface area (Å²) in [5.74, 6) is 0.898. The first-order valence-corrected chi connectivity index (χ1v) is 7.03. The highest BCUT2D eigenvalue weighted by Gasteiger charge is 2.42. The third-order valence-corrected chi connectivity index (χ3v) is 4.54. The van der Waals surface area contributed by atoms with Crippen molar-refractivity contribution in [1.29, 1.82) is 5.26 Å². The molecule has 0 spiro atoms. The maximum absolute atomic E-state index is 11.9. The summed E-state index contributed by atoms with van der Waals surface area (Å²) in [4.78, 5) is 13.9. The second kappa shape index (κ2) is 4.70. The summed E-state index contributed by atoms with van der Waals surface area (Å²) in [7, 11) is 0. The average Bonchev–Trinajstić information content (AvgIpc) is 2.89. The Balaban J connectivity index is 1.85. The summed E-state index contributed by atoms with van der Waals surface area (Å²) < 4.78 is 0. The zero-order valence-electron chi connectivity index (χ0n) is 11.2. The molecule has 3 nitrogen and oxygen atoms in total. The lowest BCUT2D eigenvalue weighted by Gasteiger charge is -2.44. The number of β-lactam (4-membered cyclic amide) rings is 1. The maximum Gasteiger partial charge on any atom is 0.229 e. The normalized spacial score (nSPS) is 23.3. The molecule has 1 aromatic rings. The molecule has 1 aliphatic heterocycles. The number of aryl methyl sites for hydroxylation is 1. The highest BCUT2D eigenvalue weighted by Crippen LogP contribution is 2.39. The Labute approximate surface area is 113 Å². The Bertz CT molecular complexity index is 552. The van der Waals surface area contributed by atoms with Crippen LogP contribution in [-0.2, 0) is 4.79 Å². The van der Waals surface area contributed by atoms with Crippen LogP contribution in [0.25, 0.3) is 0 Å². The predicted octanol–water partition coefficient (Wildman–Crippen LogP) is 3.16. The van der Waals surface area contributed by atoms with E-state index in [-0.39, 0.29) is 5.91 Å². The molecular weight excluding hydrogens is 236 g/mol.